The summed E-state index contributed by atoms with van der Waals surface area (Å²) in [4.78, 5) is 12.9. The van der Waals surface area contributed by atoms with Crippen molar-refractivity contribution in [1.29, 1.82) is 0 Å². The van der Waals surface area contributed by atoms with Gasteiger partial charge in [-0.15, -0.1) is 11.8 Å². The van der Waals surface area contributed by atoms with E-state index in [1.165, 1.54) is 11.8 Å². The molecule has 0 saturated heterocycles. The Labute approximate surface area is 127 Å². The number of hydrogen-bond donors (Lipinski definition) is 2. The van der Waals surface area contributed by atoms with Gasteiger partial charge in [-0.3, -0.25) is 4.79 Å². The van der Waals surface area contributed by atoms with Crippen LogP contribution in [0.2, 0.25) is 5.02 Å². The van der Waals surface area contributed by atoms with Gasteiger partial charge in [0.2, 0.25) is 5.91 Å². The van der Waals surface area contributed by atoms with Crippen LogP contribution in [0.4, 0.5) is 11.4 Å². The zero-order chi connectivity index (χ0) is 14.5. The first-order valence-electron chi connectivity index (χ1n) is 6.14. The van der Waals surface area contributed by atoms with Crippen LogP contribution >= 0.6 is 23.4 Å². The van der Waals surface area contributed by atoms with Gasteiger partial charge in [0.25, 0.3) is 0 Å². The molecular weight excluding hydrogens is 292 g/mol. The minimum Gasteiger partial charge on any atom is -0.398 e. The Kier molecular flexibility index (Phi) is 4.93. The van der Waals surface area contributed by atoms with Crippen LogP contribution in [0.1, 0.15) is 6.92 Å². The molecule has 0 aliphatic carbocycles. The lowest BCUT2D eigenvalue weighted by Crippen LogP contribution is -2.22. The lowest BCUT2D eigenvalue weighted by Gasteiger charge is -2.14. The van der Waals surface area contributed by atoms with Crippen LogP contribution in [0.5, 0.6) is 0 Å². The normalized spacial score (nSPS) is 11.9. The molecule has 3 nitrogen and oxygen atoms in total. The van der Waals surface area contributed by atoms with Crippen LogP contribution < -0.4 is 11.1 Å². The highest BCUT2D eigenvalue weighted by molar-refractivity contribution is 8.00. The van der Waals surface area contributed by atoms with E-state index >= 15 is 0 Å². The largest absolute Gasteiger partial charge is 0.398 e. The first-order chi connectivity index (χ1) is 9.58. The van der Waals surface area contributed by atoms with Crippen LogP contribution in [0.25, 0.3) is 0 Å². The molecule has 1 amide bonds. The average molecular weight is 307 g/mol. The fourth-order valence-electron chi connectivity index (χ4n) is 1.65. The number of carbonyl (C=O) groups excluding carboxylic acids is 1. The molecule has 2 rings (SSSR count). The summed E-state index contributed by atoms with van der Waals surface area (Å²) in [5.74, 6) is -0.0829. The number of nitrogens with two attached hydrogens (primary N) is 1. The van der Waals surface area contributed by atoms with Gasteiger partial charge >= 0.3 is 0 Å². The van der Waals surface area contributed by atoms with Crippen molar-refractivity contribution in [3.8, 4) is 0 Å². The minimum atomic E-state index is -0.294. The average Bonchev–Trinajstić information content (AvgIpc) is 2.44. The summed E-state index contributed by atoms with van der Waals surface area (Å²) in [6.45, 7) is 1.83. The zero-order valence-corrected chi connectivity index (χ0v) is 12.5. The Bertz CT molecular complexity index is 584. The van der Waals surface area contributed by atoms with E-state index in [1.54, 1.807) is 18.2 Å². The molecule has 104 valence electrons. The predicted molar refractivity (Wildman–Crippen MR) is 86.3 cm³/mol. The van der Waals surface area contributed by atoms with Gasteiger partial charge in [-0.25, -0.2) is 0 Å². The van der Waals surface area contributed by atoms with E-state index in [9.17, 15) is 4.79 Å². The first kappa shape index (κ1) is 14.8. The molecule has 5 heteroatoms. The number of amides is 1. The van der Waals surface area contributed by atoms with Crippen molar-refractivity contribution in [2.75, 3.05) is 11.1 Å². The van der Waals surface area contributed by atoms with Crippen LogP contribution in [0, 0.1) is 0 Å². The Morgan fingerprint density at radius 1 is 1.20 bits per heavy atom. The number of halogens is 1. The highest BCUT2D eigenvalue weighted by Gasteiger charge is 2.17. The highest BCUT2D eigenvalue weighted by Crippen LogP contribution is 2.35. The smallest absolute Gasteiger partial charge is 0.237 e. The fourth-order valence-corrected chi connectivity index (χ4v) is 2.87. The second kappa shape index (κ2) is 6.68. The van der Waals surface area contributed by atoms with E-state index in [0.717, 1.165) is 10.6 Å². The second-order valence-electron chi connectivity index (χ2n) is 4.27. The highest BCUT2D eigenvalue weighted by atomic mass is 35.5. The number of hydrogen-bond acceptors (Lipinski definition) is 3. The predicted octanol–water partition coefficient (Wildman–Crippen LogP) is 4.04. The summed E-state index contributed by atoms with van der Waals surface area (Å²) < 4.78 is 0. The van der Waals surface area contributed by atoms with E-state index in [-0.39, 0.29) is 11.2 Å². The number of thioether (sulfide) groups is 1. The van der Waals surface area contributed by atoms with E-state index in [1.807, 2.05) is 37.3 Å². The summed E-state index contributed by atoms with van der Waals surface area (Å²) in [7, 11) is 0. The van der Waals surface area contributed by atoms with Crippen LogP contribution in [0.3, 0.4) is 0 Å². The van der Waals surface area contributed by atoms with Gasteiger partial charge in [0.05, 0.1) is 10.3 Å². The Balaban J connectivity index is 2.05. The maximum Gasteiger partial charge on any atom is 0.237 e. The van der Waals surface area contributed by atoms with Gasteiger partial charge in [0.15, 0.2) is 0 Å². The molecule has 0 radical (unpaired) electrons. The molecule has 2 aromatic carbocycles. The molecule has 1 unspecified atom stereocenters. The minimum absolute atomic E-state index is 0.0829. The van der Waals surface area contributed by atoms with Gasteiger partial charge in [0.1, 0.15) is 0 Å². The molecule has 2 aromatic rings. The molecule has 0 aromatic heterocycles. The van der Waals surface area contributed by atoms with Gasteiger partial charge in [-0.1, -0.05) is 35.9 Å². The quantitative estimate of drug-likeness (QED) is 0.662. The third-order valence-corrected chi connectivity index (χ3v) is 4.39. The second-order valence-corrected chi connectivity index (χ2v) is 6.03. The molecule has 0 aliphatic heterocycles. The molecule has 1 atom stereocenters. The number of benzene rings is 2. The molecular formula is C15H15ClN2OS. The number of nitrogens with one attached hydrogen (secondary N) is 1. The standard InChI is InChI=1S/C15H15ClN2OS/c1-10(15(19)18-11-6-3-2-4-7-11)20-14-12(16)8-5-9-13(14)17/h2-10H,17H2,1H3,(H,18,19). The Morgan fingerprint density at radius 2 is 1.90 bits per heavy atom. The SMILES string of the molecule is CC(Sc1c(N)cccc1Cl)C(=O)Nc1ccccc1. The van der Waals surface area contributed by atoms with E-state index in [2.05, 4.69) is 5.32 Å². The van der Waals surface area contributed by atoms with Crippen molar-refractivity contribution >= 4 is 40.6 Å². The molecule has 0 aliphatic rings. The van der Waals surface area contributed by atoms with E-state index in [4.69, 9.17) is 17.3 Å². The Hall–Kier alpha value is -1.65. The maximum atomic E-state index is 12.1. The molecule has 3 N–H and O–H groups in total. The molecule has 0 fully saturated rings. The van der Waals surface area contributed by atoms with Gasteiger partial charge in [0, 0.05) is 16.3 Å². The van der Waals surface area contributed by atoms with Crippen molar-refractivity contribution < 1.29 is 4.79 Å². The summed E-state index contributed by atoms with van der Waals surface area (Å²) in [6.07, 6.45) is 0. The number of anilines is 2. The summed E-state index contributed by atoms with van der Waals surface area (Å²) >= 11 is 7.46. The van der Waals surface area contributed by atoms with Crippen LogP contribution in [-0.4, -0.2) is 11.2 Å². The Morgan fingerprint density at radius 3 is 2.55 bits per heavy atom. The summed E-state index contributed by atoms with van der Waals surface area (Å²) in [6, 6.07) is 14.7. The topological polar surface area (TPSA) is 55.1 Å². The number of nitrogen functional groups attached to an aromatic ring is 1. The third kappa shape index (κ3) is 3.68. The molecule has 20 heavy (non-hydrogen) atoms. The zero-order valence-electron chi connectivity index (χ0n) is 11.0. The lowest BCUT2D eigenvalue weighted by atomic mass is 10.3. The van der Waals surface area contributed by atoms with Gasteiger partial charge in [-0.05, 0) is 31.2 Å². The van der Waals surface area contributed by atoms with Crippen molar-refractivity contribution in [1.82, 2.24) is 0 Å². The van der Waals surface area contributed by atoms with Crippen molar-refractivity contribution in [2.24, 2.45) is 0 Å². The molecule has 0 spiro atoms. The van der Waals surface area contributed by atoms with Crippen molar-refractivity contribution in [3.63, 3.8) is 0 Å². The monoisotopic (exact) mass is 306 g/mol. The van der Waals surface area contributed by atoms with Crippen LogP contribution in [-0.2, 0) is 4.79 Å². The molecule has 0 bridgehead atoms. The van der Waals surface area contributed by atoms with Crippen LogP contribution in [0.15, 0.2) is 53.4 Å². The molecule has 0 heterocycles. The lowest BCUT2D eigenvalue weighted by molar-refractivity contribution is -0.115. The van der Waals surface area contributed by atoms with E-state index in [0.29, 0.717) is 10.7 Å². The van der Waals surface area contributed by atoms with Crippen molar-refractivity contribution in [3.05, 3.63) is 53.6 Å². The number of carbonyl (C=O) groups is 1. The summed E-state index contributed by atoms with van der Waals surface area (Å²) in [5, 5.41) is 3.13. The fraction of sp³-hybridized carbons (Fsp3) is 0.133. The number of para-hydroxylation sites is 1. The molecule has 0 saturated carbocycles. The van der Waals surface area contributed by atoms with Crippen molar-refractivity contribution in [2.45, 2.75) is 17.1 Å². The van der Waals surface area contributed by atoms with Gasteiger partial charge in [-0.2, -0.15) is 0 Å². The summed E-state index contributed by atoms with van der Waals surface area (Å²) in [5.41, 5.74) is 7.25. The number of rotatable bonds is 4. The maximum absolute atomic E-state index is 12.1. The third-order valence-electron chi connectivity index (χ3n) is 2.70. The van der Waals surface area contributed by atoms with Gasteiger partial charge < -0.3 is 11.1 Å². The first-order valence-corrected chi connectivity index (χ1v) is 7.40. The van der Waals surface area contributed by atoms with E-state index < -0.39 is 0 Å².